The van der Waals surface area contributed by atoms with Crippen LogP contribution in [0.4, 0.5) is 16.4 Å². The molecule has 1 saturated heterocycles. The smallest absolute Gasteiger partial charge is 0.319 e. The number of aryl methyl sites for hydroxylation is 2. The molecule has 0 saturated carbocycles. The summed E-state index contributed by atoms with van der Waals surface area (Å²) in [7, 11) is 0. The molecular formula is C19H25N5O. The molecule has 0 unspecified atom stereocenters. The number of anilines is 2. The van der Waals surface area contributed by atoms with Gasteiger partial charge in [-0.15, -0.1) is 0 Å². The van der Waals surface area contributed by atoms with Gasteiger partial charge >= 0.3 is 6.03 Å². The fourth-order valence-corrected chi connectivity index (χ4v) is 3.25. The Morgan fingerprint density at radius 3 is 2.40 bits per heavy atom. The van der Waals surface area contributed by atoms with E-state index in [1.165, 1.54) is 0 Å². The van der Waals surface area contributed by atoms with Crippen molar-refractivity contribution in [3.63, 3.8) is 0 Å². The van der Waals surface area contributed by atoms with E-state index >= 15 is 0 Å². The lowest BCUT2D eigenvalue weighted by Crippen LogP contribution is -2.40. The highest BCUT2D eigenvalue weighted by molar-refractivity contribution is 5.89. The van der Waals surface area contributed by atoms with Gasteiger partial charge in [-0.1, -0.05) is 6.07 Å². The molecule has 6 nitrogen and oxygen atoms in total. The molecule has 0 bridgehead atoms. The number of hydrogen-bond acceptors (Lipinski definition) is 4. The van der Waals surface area contributed by atoms with Gasteiger partial charge < -0.3 is 15.5 Å². The van der Waals surface area contributed by atoms with E-state index in [2.05, 4.69) is 31.6 Å². The molecule has 1 fully saturated rings. The molecule has 2 amide bonds. The summed E-state index contributed by atoms with van der Waals surface area (Å²) >= 11 is 0. The first kappa shape index (κ1) is 17.2. The van der Waals surface area contributed by atoms with Crippen molar-refractivity contribution in [3.05, 3.63) is 47.8 Å². The van der Waals surface area contributed by atoms with Gasteiger partial charge in [0.1, 0.15) is 0 Å². The maximum atomic E-state index is 12.1. The van der Waals surface area contributed by atoms with Crippen LogP contribution >= 0.6 is 0 Å². The Morgan fingerprint density at radius 1 is 1.12 bits per heavy atom. The standard InChI is InChI=1S/C19H25N5O/c1-14-10-15(2)12-17(11-14)23-19(25)22-13-16-4-8-24(9-5-16)18-20-6-3-7-21-18/h3,6-7,10-12,16H,4-5,8-9,13H2,1-2H3,(H2,22,23,25). The van der Waals surface area contributed by atoms with Crippen LogP contribution in [0.5, 0.6) is 0 Å². The third-order valence-corrected chi connectivity index (χ3v) is 4.48. The van der Waals surface area contributed by atoms with Gasteiger partial charge in [0.2, 0.25) is 5.95 Å². The number of urea groups is 1. The van der Waals surface area contributed by atoms with E-state index in [0.717, 1.165) is 48.7 Å². The van der Waals surface area contributed by atoms with Gasteiger partial charge in [-0.05, 0) is 61.9 Å². The lowest BCUT2D eigenvalue weighted by Gasteiger charge is -2.31. The van der Waals surface area contributed by atoms with E-state index in [1.54, 1.807) is 12.4 Å². The van der Waals surface area contributed by atoms with E-state index in [4.69, 9.17) is 0 Å². The number of rotatable bonds is 4. The molecule has 2 N–H and O–H groups in total. The van der Waals surface area contributed by atoms with Crippen LogP contribution in [0.25, 0.3) is 0 Å². The molecule has 2 aromatic rings. The Kier molecular flexibility index (Phi) is 5.48. The summed E-state index contributed by atoms with van der Waals surface area (Å²) in [5.74, 6) is 1.28. The van der Waals surface area contributed by atoms with Gasteiger partial charge in [-0.3, -0.25) is 0 Å². The second-order valence-electron chi connectivity index (χ2n) is 6.69. The molecule has 2 heterocycles. The van der Waals surface area contributed by atoms with Crippen LogP contribution in [0.2, 0.25) is 0 Å². The van der Waals surface area contributed by atoms with Gasteiger partial charge in [0.15, 0.2) is 0 Å². The number of nitrogens with zero attached hydrogens (tertiary/aromatic N) is 3. The molecule has 1 aliphatic heterocycles. The summed E-state index contributed by atoms with van der Waals surface area (Å²) < 4.78 is 0. The highest BCUT2D eigenvalue weighted by Crippen LogP contribution is 2.19. The van der Waals surface area contributed by atoms with Crippen molar-refractivity contribution in [2.24, 2.45) is 5.92 Å². The Hall–Kier alpha value is -2.63. The molecule has 132 valence electrons. The number of benzene rings is 1. The second-order valence-corrected chi connectivity index (χ2v) is 6.69. The van der Waals surface area contributed by atoms with E-state index in [0.29, 0.717) is 12.5 Å². The Morgan fingerprint density at radius 2 is 1.76 bits per heavy atom. The molecule has 0 aliphatic carbocycles. The molecular weight excluding hydrogens is 314 g/mol. The van der Waals surface area contributed by atoms with E-state index in [-0.39, 0.29) is 6.03 Å². The number of aromatic nitrogens is 2. The average Bonchev–Trinajstić information content (AvgIpc) is 2.60. The lowest BCUT2D eigenvalue weighted by atomic mass is 9.97. The molecule has 1 aromatic carbocycles. The van der Waals surface area contributed by atoms with Gasteiger partial charge in [-0.2, -0.15) is 0 Å². The number of carbonyl (C=O) groups is 1. The van der Waals surface area contributed by atoms with Crippen LogP contribution in [-0.4, -0.2) is 35.6 Å². The quantitative estimate of drug-likeness (QED) is 0.898. The highest BCUT2D eigenvalue weighted by Gasteiger charge is 2.21. The van der Waals surface area contributed by atoms with Gasteiger partial charge in [0.25, 0.3) is 0 Å². The third-order valence-electron chi connectivity index (χ3n) is 4.48. The zero-order valence-corrected chi connectivity index (χ0v) is 14.8. The van der Waals surface area contributed by atoms with Gasteiger partial charge in [0, 0.05) is 37.7 Å². The molecule has 25 heavy (non-hydrogen) atoms. The molecule has 6 heteroatoms. The summed E-state index contributed by atoms with van der Waals surface area (Å²) in [6, 6.07) is 7.73. The summed E-state index contributed by atoms with van der Waals surface area (Å²) in [5, 5.41) is 5.91. The Bertz CT molecular complexity index is 691. The molecule has 0 atom stereocenters. The number of carbonyl (C=O) groups excluding carboxylic acids is 1. The maximum Gasteiger partial charge on any atom is 0.319 e. The normalized spacial score (nSPS) is 15.0. The highest BCUT2D eigenvalue weighted by atomic mass is 16.2. The van der Waals surface area contributed by atoms with Crippen LogP contribution in [0.15, 0.2) is 36.7 Å². The predicted molar refractivity (Wildman–Crippen MR) is 99.9 cm³/mol. The van der Waals surface area contributed by atoms with Crippen LogP contribution in [0, 0.1) is 19.8 Å². The first-order chi connectivity index (χ1) is 12.1. The topological polar surface area (TPSA) is 70.2 Å². The molecule has 0 radical (unpaired) electrons. The predicted octanol–water partition coefficient (Wildman–Crippen LogP) is 3.13. The minimum Gasteiger partial charge on any atom is -0.341 e. The fraction of sp³-hybridized carbons (Fsp3) is 0.421. The summed E-state index contributed by atoms with van der Waals surface area (Å²) in [6.07, 6.45) is 5.60. The first-order valence-electron chi connectivity index (χ1n) is 8.75. The van der Waals surface area contributed by atoms with Crippen LogP contribution in [-0.2, 0) is 0 Å². The van der Waals surface area contributed by atoms with Crippen LogP contribution < -0.4 is 15.5 Å². The van der Waals surface area contributed by atoms with Gasteiger partial charge in [-0.25, -0.2) is 14.8 Å². The van der Waals surface area contributed by atoms with Crippen molar-refractivity contribution in [2.45, 2.75) is 26.7 Å². The summed E-state index contributed by atoms with van der Waals surface area (Å²) in [4.78, 5) is 22.9. The fourth-order valence-electron chi connectivity index (χ4n) is 3.25. The molecule has 1 aromatic heterocycles. The van der Waals surface area contributed by atoms with Gasteiger partial charge in [0.05, 0.1) is 0 Å². The van der Waals surface area contributed by atoms with Crippen molar-refractivity contribution in [2.75, 3.05) is 29.9 Å². The molecule has 0 spiro atoms. The Balaban J connectivity index is 1.43. The summed E-state index contributed by atoms with van der Waals surface area (Å²) in [6.45, 7) is 6.60. The number of nitrogens with one attached hydrogen (secondary N) is 2. The van der Waals surface area contributed by atoms with Crippen molar-refractivity contribution in [3.8, 4) is 0 Å². The second kappa shape index (κ2) is 7.96. The van der Waals surface area contributed by atoms with Crippen LogP contribution in [0.1, 0.15) is 24.0 Å². The zero-order valence-electron chi connectivity index (χ0n) is 14.8. The Labute approximate surface area is 148 Å². The van der Waals surface area contributed by atoms with Crippen molar-refractivity contribution < 1.29 is 4.79 Å². The average molecular weight is 339 g/mol. The lowest BCUT2D eigenvalue weighted by molar-refractivity contribution is 0.248. The number of amides is 2. The van der Waals surface area contributed by atoms with E-state index in [1.807, 2.05) is 32.0 Å². The minimum absolute atomic E-state index is 0.140. The van der Waals surface area contributed by atoms with Crippen LogP contribution in [0.3, 0.4) is 0 Å². The largest absolute Gasteiger partial charge is 0.341 e. The number of hydrogen-bond donors (Lipinski definition) is 2. The number of piperidine rings is 1. The molecule has 1 aliphatic rings. The maximum absolute atomic E-state index is 12.1. The minimum atomic E-state index is -0.140. The SMILES string of the molecule is Cc1cc(C)cc(NC(=O)NCC2CCN(c3ncccn3)CC2)c1. The van der Waals surface area contributed by atoms with E-state index < -0.39 is 0 Å². The summed E-state index contributed by atoms with van der Waals surface area (Å²) in [5.41, 5.74) is 3.13. The zero-order chi connectivity index (χ0) is 17.6. The third kappa shape index (κ3) is 4.92. The molecule has 3 rings (SSSR count). The van der Waals surface area contributed by atoms with Crippen molar-refractivity contribution >= 4 is 17.7 Å². The van der Waals surface area contributed by atoms with Crippen molar-refractivity contribution in [1.82, 2.24) is 15.3 Å². The van der Waals surface area contributed by atoms with E-state index in [9.17, 15) is 4.79 Å². The van der Waals surface area contributed by atoms with Crippen molar-refractivity contribution in [1.29, 1.82) is 0 Å². The monoisotopic (exact) mass is 339 g/mol. The first-order valence-corrected chi connectivity index (χ1v) is 8.75.